The number of imide groups is 1. The van der Waals surface area contributed by atoms with Gasteiger partial charge in [-0.2, -0.15) is 0 Å². The summed E-state index contributed by atoms with van der Waals surface area (Å²) in [7, 11) is 0. The van der Waals surface area contributed by atoms with Crippen LogP contribution in [0.3, 0.4) is 0 Å². The standard InChI is InChI=1S/C23H35N3O3/c1-14-5-3-4-6-23(14)20(28)26(21(29)25-23)13-19(27)24-15(2)22-10-16-7-17(11-22)9-18(8-16)12-22/h14-18H,3-13H2,1-2H3,(H,24,27)(H,25,29)/t14-,15+,16?,17?,18?,22?,23-/m1/s1. The van der Waals surface area contributed by atoms with E-state index >= 15 is 0 Å². The van der Waals surface area contributed by atoms with E-state index in [2.05, 4.69) is 17.6 Å². The zero-order chi connectivity index (χ0) is 20.4. The smallest absolute Gasteiger partial charge is 0.325 e. The van der Waals surface area contributed by atoms with Crippen LogP contribution >= 0.6 is 0 Å². The minimum absolute atomic E-state index is 0.103. The van der Waals surface area contributed by atoms with Crippen molar-refractivity contribution in [2.45, 2.75) is 89.6 Å². The molecule has 1 saturated heterocycles. The largest absolute Gasteiger partial charge is 0.352 e. The minimum Gasteiger partial charge on any atom is -0.352 e. The molecule has 5 saturated carbocycles. The Hall–Kier alpha value is -1.59. The minimum atomic E-state index is -0.791. The molecule has 2 N–H and O–H groups in total. The number of nitrogens with one attached hydrogen (secondary N) is 2. The van der Waals surface area contributed by atoms with Crippen molar-refractivity contribution in [3.63, 3.8) is 0 Å². The summed E-state index contributed by atoms with van der Waals surface area (Å²) >= 11 is 0. The molecule has 29 heavy (non-hydrogen) atoms. The second kappa shape index (κ2) is 6.71. The maximum absolute atomic E-state index is 13.1. The summed E-state index contributed by atoms with van der Waals surface area (Å²) < 4.78 is 0. The van der Waals surface area contributed by atoms with Crippen molar-refractivity contribution >= 4 is 17.8 Å². The fraction of sp³-hybridized carbons (Fsp3) is 0.870. The van der Waals surface area contributed by atoms with Gasteiger partial charge < -0.3 is 10.6 Å². The average Bonchev–Trinajstić information content (AvgIpc) is 2.88. The first-order valence-corrected chi connectivity index (χ1v) is 11.7. The van der Waals surface area contributed by atoms with Crippen LogP contribution in [-0.2, 0) is 9.59 Å². The lowest BCUT2D eigenvalue weighted by molar-refractivity contribution is -0.138. The molecule has 6 nitrogen and oxygen atoms in total. The Kier molecular flexibility index (Phi) is 4.48. The Labute approximate surface area is 173 Å². The Morgan fingerprint density at radius 2 is 1.76 bits per heavy atom. The molecule has 0 unspecified atom stereocenters. The third kappa shape index (κ3) is 3.00. The van der Waals surface area contributed by atoms with E-state index in [4.69, 9.17) is 0 Å². The highest BCUT2D eigenvalue weighted by atomic mass is 16.2. The van der Waals surface area contributed by atoms with Gasteiger partial charge in [-0.1, -0.05) is 19.8 Å². The molecule has 4 bridgehead atoms. The zero-order valence-corrected chi connectivity index (χ0v) is 17.8. The van der Waals surface area contributed by atoms with Crippen molar-refractivity contribution < 1.29 is 14.4 Å². The Morgan fingerprint density at radius 3 is 2.34 bits per heavy atom. The Morgan fingerprint density at radius 1 is 1.14 bits per heavy atom. The molecular weight excluding hydrogens is 366 g/mol. The molecule has 0 aromatic heterocycles. The topological polar surface area (TPSA) is 78.5 Å². The summed E-state index contributed by atoms with van der Waals surface area (Å²) in [5.74, 6) is 2.22. The van der Waals surface area contributed by atoms with Crippen LogP contribution in [0.25, 0.3) is 0 Å². The molecule has 6 heteroatoms. The first kappa shape index (κ1) is 19.4. The number of urea groups is 1. The summed E-state index contributed by atoms with van der Waals surface area (Å²) in [5, 5.41) is 6.14. The number of carbonyl (C=O) groups is 3. The molecule has 5 aliphatic carbocycles. The normalized spacial score (nSPS) is 44.3. The van der Waals surface area contributed by atoms with Gasteiger partial charge in [0.25, 0.3) is 5.91 Å². The highest BCUT2D eigenvalue weighted by molar-refractivity contribution is 6.09. The Balaban J connectivity index is 1.24. The van der Waals surface area contributed by atoms with Crippen LogP contribution in [0.2, 0.25) is 0 Å². The fourth-order valence-electron chi connectivity index (χ4n) is 7.93. The van der Waals surface area contributed by atoms with Gasteiger partial charge in [0, 0.05) is 6.04 Å². The van der Waals surface area contributed by atoms with Crippen molar-refractivity contribution in [1.82, 2.24) is 15.5 Å². The summed E-state index contributed by atoms with van der Waals surface area (Å²) in [6.45, 7) is 4.02. The maximum Gasteiger partial charge on any atom is 0.325 e. The molecule has 0 aromatic carbocycles. The van der Waals surface area contributed by atoms with Crippen molar-refractivity contribution in [1.29, 1.82) is 0 Å². The van der Waals surface area contributed by atoms with Crippen LogP contribution in [0.5, 0.6) is 0 Å². The second-order valence-electron chi connectivity index (χ2n) is 11.0. The van der Waals surface area contributed by atoms with E-state index in [9.17, 15) is 14.4 Å². The predicted molar refractivity (Wildman–Crippen MR) is 109 cm³/mol. The number of amides is 4. The van der Waals surface area contributed by atoms with Crippen molar-refractivity contribution in [2.75, 3.05) is 6.54 Å². The van der Waals surface area contributed by atoms with E-state index in [1.54, 1.807) is 0 Å². The molecule has 1 heterocycles. The van der Waals surface area contributed by atoms with Gasteiger partial charge in [-0.05, 0) is 87.4 Å². The molecule has 3 atom stereocenters. The van der Waals surface area contributed by atoms with Gasteiger partial charge in [-0.15, -0.1) is 0 Å². The lowest BCUT2D eigenvalue weighted by atomic mass is 9.48. The molecule has 4 amide bonds. The van der Waals surface area contributed by atoms with E-state index in [1.165, 1.54) is 38.5 Å². The van der Waals surface area contributed by atoms with Crippen molar-refractivity contribution in [2.24, 2.45) is 29.1 Å². The Bertz CT molecular complexity index is 700. The molecule has 0 radical (unpaired) electrons. The van der Waals surface area contributed by atoms with Crippen LogP contribution in [-0.4, -0.2) is 40.9 Å². The van der Waals surface area contributed by atoms with Gasteiger partial charge in [-0.25, -0.2) is 4.79 Å². The first-order chi connectivity index (χ1) is 13.8. The van der Waals surface area contributed by atoms with E-state index in [0.717, 1.165) is 41.9 Å². The summed E-state index contributed by atoms with van der Waals surface area (Å²) in [4.78, 5) is 39.7. The van der Waals surface area contributed by atoms with Gasteiger partial charge in [0.2, 0.25) is 5.91 Å². The van der Waals surface area contributed by atoms with Crippen LogP contribution in [0.1, 0.15) is 78.1 Å². The quantitative estimate of drug-likeness (QED) is 0.710. The number of hydrogen-bond donors (Lipinski definition) is 2. The highest BCUT2D eigenvalue weighted by Crippen LogP contribution is 2.61. The number of nitrogens with zero attached hydrogens (tertiary/aromatic N) is 1. The average molecular weight is 402 g/mol. The molecule has 6 rings (SSSR count). The van der Waals surface area contributed by atoms with Gasteiger partial charge in [0.05, 0.1) is 0 Å². The summed E-state index contributed by atoms with van der Waals surface area (Å²) in [6, 6.07) is -0.298. The monoisotopic (exact) mass is 401 g/mol. The second-order valence-corrected chi connectivity index (χ2v) is 11.0. The van der Waals surface area contributed by atoms with Gasteiger partial charge >= 0.3 is 6.03 Å². The molecule has 160 valence electrons. The predicted octanol–water partition coefficient (Wildman–Crippen LogP) is 3.21. The van der Waals surface area contributed by atoms with Crippen LogP contribution < -0.4 is 10.6 Å². The fourth-order valence-corrected chi connectivity index (χ4v) is 7.93. The van der Waals surface area contributed by atoms with Gasteiger partial charge in [0.1, 0.15) is 12.1 Å². The van der Waals surface area contributed by atoms with Crippen molar-refractivity contribution in [3.8, 4) is 0 Å². The molecule has 1 spiro atoms. The summed E-state index contributed by atoms with van der Waals surface area (Å²) in [6.07, 6.45) is 11.5. The number of carbonyl (C=O) groups excluding carboxylic acids is 3. The SMILES string of the molecule is C[C@H](NC(=O)CN1C(=O)N[C@@]2(CCCC[C@H]2C)C1=O)C12CC3CC(CC(C3)C1)C2. The van der Waals surface area contributed by atoms with Gasteiger partial charge in [0.15, 0.2) is 0 Å². The lowest BCUT2D eigenvalue weighted by Crippen LogP contribution is -2.57. The molecule has 0 aromatic rings. The molecule has 6 aliphatic rings. The van der Waals surface area contributed by atoms with E-state index < -0.39 is 11.6 Å². The van der Waals surface area contributed by atoms with Crippen molar-refractivity contribution in [3.05, 3.63) is 0 Å². The highest BCUT2D eigenvalue weighted by Gasteiger charge is 2.56. The molecule has 6 fully saturated rings. The maximum atomic E-state index is 13.1. The van der Waals surface area contributed by atoms with Gasteiger partial charge in [-0.3, -0.25) is 14.5 Å². The molecular formula is C23H35N3O3. The van der Waals surface area contributed by atoms with E-state index in [-0.39, 0.29) is 35.7 Å². The van der Waals surface area contributed by atoms with E-state index in [0.29, 0.717) is 6.42 Å². The third-order valence-electron chi connectivity index (χ3n) is 9.18. The third-order valence-corrected chi connectivity index (χ3v) is 9.18. The summed E-state index contributed by atoms with van der Waals surface area (Å²) in [5.41, 5.74) is -0.568. The van der Waals surface area contributed by atoms with E-state index in [1.807, 2.05) is 6.92 Å². The van der Waals surface area contributed by atoms with Crippen LogP contribution in [0.15, 0.2) is 0 Å². The number of rotatable bonds is 4. The zero-order valence-electron chi connectivity index (χ0n) is 17.8. The van der Waals surface area contributed by atoms with Crippen LogP contribution in [0, 0.1) is 29.1 Å². The molecule has 1 aliphatic heterocycles. The first-order valence-electron chi connectivity index (χ1n) is 11.7. The number of hydrogen-bond acceptors (Lipinski definition) is 3. The lowest BCUT2D eigenvalue weighted by Gasteiger charge is -2.59. The van der Waals surface area contributed by atoms with Crippen LogP contribution in [0.4, 0.5) is 4.79 Å².